The molecule has 1 aromatic rings. The van der Waals surface area contributed by atoms with Gasteiger partial charge in [0.2, 0.25) is 0 Å². The SMILES string of the molecule is COCCNCC(C)CCc1cc(OC)ccc1Br. The number of methoxy groups -OCH3 is 2. The molecule has 0 fully saturated rings. The summed E-state index contributed by atoms with van der Waals surface area (Å²) in [6, 6.07) is 6.13. The molecule has 19 heavy (non-hydrogen) atoms. The topological polar surface area (TPSA) is 30.5 Å². The summed E-state index contributed by atoms with van der Waals surface area (Å²) in [5, 5.41) is 3.40. The van der Waals surface area contributed by atoms with Gasteiger partial charge in [-0.05, 0) is 49.1 Å². The Labute approximate surface area is 124 Å². The molecule has 0 aliphatic heterocycles. The molecule has 0 spiro atoms. The van der Waals surface area contributed by atoms with Gasteiger partial charge in [-0.15, -0.1) is 0 Å². The second-order valence-electron chi connectivity index (χ2n) is 4.80. The van der Waals surface area contributed by atoms with Crippen LogP contribution < -0.4 is 10.1 Å². The Kier molecular flexibility index (Phi) is 8.10. The monoisotopic (exact) mass is 329 g/mol. The Bertz CT molecular complexity index is 371. The zero-order valence-corrected chi connectivity index (χ0v) is 13.6. The van der Waals surface area contributed by atoms with E-state index in [9.17, 15) is 0 Å². The van der Waals surface area contributed by atoms with E-state index in [-0.39, 0.29) is 0 Å². The predicted octanol–water partition coefficient (Wildman–Crippen LogP) is 3.26. The van der Waals surface area contributed by atoms with Crippen LogP contribution in [0.5, 0.6) is 5.75 Å². The average Bonchev–Trinajstić information content (AvgIpc) is 2.43. The molecule has 1 N–H and O–H groups in total. The minimum Gasteiger partial charge on any atom is -0.497 e. The highest BCUT2D eigenvalue weighted by Crippen LogP contribution is 2.24. The molecule has 0 aliphatic rings. The van der Waals surface area contributed by atoms with Gasteiger partial charge in [-0.1, -0.05) is 22.9 Å². The molecule has 1 atom stereocenters. The van der Waals surface area contributed by atoms with Crippen LogP contribution in [0.2, 0.25) is 0 Å². The molecular formula is C15H24BrNO2. The Morgan fingerprint density at radius 3 is 2.79 bits per heavy atom. The van der Waals surface area contributed by atoms with Gasteiger partial charge in [0, 0.05) is 18.1 Å². The van der Waals surface area contributed by atoms with Gasteiger partial charge in [0.1, 0.15) is 5.75 Å². The molecule has 1 aromatic carbocycles. The van der Waals surface area contributed by atoms with E-state index in [2.05, 4.69) is 40.3 Å². The van der Waals surface area contributed by atoms with Gasteiger partial charge < -0.3 is 14.8 Å². The fourth-order valence-corrected chi connectivity index (χ4v) is 2.34. The third-order valence-electron chi connectivity index (χ3n) is 3.14. The van der Waals surface area contributed by atoms with Crippen LogP contribution in [0.1, 0.15) is 18.9 Å². The molecular weight excluding hydrogens is 306 g/mol. The predicted molar refractivity (Wildman–Crippen MR) is 82.9 cm³/mol. The summed E-state index contributed by atoms with van der Waals surface area (Å²) in [5.74, 6) is 1.57. The fraction of sp³-hybridized carbons (Fsp3) is 0.600. The Morgan fingerprint density at radius 2 is 2.11 bits per heavy atom. The van der Waals surface area contributed by atoms with E-state index < -0.39 is 0 Å². The maximum atomic E-state index is 5.26. The molecule has 108 valence electrons. The molecule has 0 saturated heterocycles. The van der Waals surface area contributed by atoms with Crippen LogP contribution in [0.15, 0.2) is 22.7 Å². The van der Waals surface area contributed by atoms with Crippen molar-refractivity contribution in [2.45, 2.75) is 19.8 Å². The number of hydrogen-bond acceptors (Lipinski definition) is 3. The van der Waals surface area contributed by atoms with Crippen molar-refractivity contribution >= 4 is 15.9 Å². The first-order chi connectivity index (χ1) is 9.17. The second kappa shape index (κ2) is 9.34. The minimum absolute atomic E-state index is 0.648. The van der Waals surface area contributed by atoms with Crippen LogP contribution >= 0.6 is 15.9 Å². The molecule has 4 heteroatoms. The molecule has 3 nitrogen and oxygen atoms in total. The standard InChI is InChI=1S/C15H24BrNO2/c1-12(11-17-8-9-18-2)4-5-13-10-14(19-3)6-7-15(13)16/h6-7,10,12,17H,4-5,8-9,11H2,1-3H3. The summed E-state index contributed by atoms with van der Waals surface area (Å²) < 4.78 is 11.4. The fourth-order valence-electron chi connectivity index (χ4n) is 1.90. The van der Waals surface area contributed by atoms with Crippen LogP contribution in [0, 0.1) is 5.92 Å². The van der Waals surface area contributed by atoms with Crippen molar-refractivity contribution in [1.29, 1.82) is 0 Å². The molecule has 0 aromatic heterocycles. The highest BCUT2D eigenvalue weighted by atomic mass is 79.9. The lowest BCUT2D eigenvalue weighted by atomic mass is 10.0. The molecule has 0 radical (unpaired) electrons. The van der Waals surface area contributed by atoms with Crippen LogP contribution in [-0.4, -0.2) is 33.9 Å². The van der Waals surface area contributed by atoms with Gasteiger partial charge in [-0.25, -0.2) is 0 Å². The van der Waals surface area contributed by atoms with E-state index in [1.807, 2.05) is 6.07 Å². The number of halogens is 1. The van der Waals surface area contributed by atoms with Crippen LogP contribution in [-0.2, 0) is 11.2 Å². The number of rotatable bonds is 9. The second-order valence-corrected chi connectivity index (χ2v) is 5.65. The number of benzene rings is 1. The van der Waals surface area contributed by atoms with Crippen LogP contribution in [0.4, 0.5) is 0 Å². The molecule has 0 heterocycles. The summed E-state index contributed by atoms with van der Waals surface area (Å²) in [7, 11) is 3.43. The third-order valence-corrected chi connectivity index (χ3v) is 3.91. The van der Waals surface area contributed by atoms with Crippen molar-refractivity contribution in [3.8, 4) is 5.75 Å². The van der Waals surface area contributed by atoms with Gasteiger partial charge in [0.15, 0.2) is 0 Å². The molecule has 1 unspecified atom stereocenters. The van der Waals surface area contributed by atoms with Crippen LogP contribution in [0.25, 0.3) is 0 Å². The first kappa shape index (κ1) is 16.5. The van der Waals surface area contributed by atoms with Crippen LogP contribution in [0.3, 0.4) is 0 Å². The summed E-state index contributed by atoms with van der Waals surface area (Å²) >= 11 is 3.60. The van der Waals surface area contributed by atoms with Crippen molar-refractivity contribution in [2.75, 3.05) is 33.9 Å². The zero-order valence-electron chi connectivity index (χ0n) is 12.0. The van der Waals surface area contributed by atoms with E-state index in [1.165, 1.54) is 5.56 Å². The van der Waals surface area contributed by atoms with Crippen molar-refractivity contribution in [3.63, 3.8) is 0 Å². The van der Waals surface area contributed by atoms with Gasteiger partial charge in [0.25, 0.3) is 0 Å². The molecule has 1 rings (SSSR count). The normalized spacial score (nSPS) is 12.4. The largest absolute Gasteiger partial charge is 0.497 e. The van der Waals surface area contributed by atoms with Gasteiger partial charge in [0.05, 0.1) is 13.7 Å². The third kappa shape index (κ3) is 6.41. The zero-order chi connectivity index (χ0) is 14.1. The van der Waals surface area contributed by atoms with E-state index in [4.69, 9.17) is 9.47 Å². The minimum atomic E-state index is 0.648. The summed E-state index contributed by atoms with van der Waals surface area (Å²) in [6.45, 7) is 5.00. The van der Waals surface area contributed by atoms with Crippen molar-refractivity contribution in [3.05, 3.63) is 28.2 Å². The van der Waals surface area contributed by atoms with Crippen molar-refractivity contribution in [2.24, 2.45) is 5.92 Å². The number of hydrogen-bond donors (Lipinski definition) is 1. The van der Waals surface area contributed by atoms with E-state index in [1.54, 1.807) is 14.2 Å². The molecule has 0 aliphatic carbocycles. The summed E-state index contributed by atoms with van der Waals surface area (Å²) in [4.78, 5) is 0. The molecule has 0 saturated carbocycles. The lowest BCUT2D eigenvalue weighted by Gasteiger charge is -2.13. The maximum Gasteiger partial charge on any atom is 0.119 e. The number of ether oxygens (including phenoxy) is 2. The van der Waals surface area contributed by atoms with E-state index >= 15 is 0 Å². The van der Waals surface area contributed by atoms with E-state index in [0.29, 0.717) is 5.92 Å². The Balaban J connectivity index is 2.34. The highest BCUT2D eigenvalue weighted by molar-refractivity contribution is 9.10. The smallest absolute Gasteiger partial charge is 0.119 e. The van der Waals surface area contributed by atoms with Crippen molar-refractivity contribution in [1.82, 2.24) is 5.32 Å². The first-order valence-electron chi connectivity index (χ1n) is 6.69. The molecule has 0 amide bonds. The number of aryl methyl sites for hydroxylation is 1. The first-order valence-corrected chi connectivity index (χ1v) is 7.48. The van der Waals surface area contributed by atoms with Gasteiger partial charge >= 0.3 is 0 Å². The summed E-state index contributed by atoms with van der Waals surface area (Å²) in [5.41, 5.74) is 1.31. The molecule has 0 bridgehead atoms. The lowest BCUT2D eigenvalue weighted by molar-refractivity contribution is 0.198. The quantitative estimate of drug-likeness (QED) is 0.705. The van der Waals surface area contributed by atoms with E-state index in [0.717, 1.165) is 42.8 Å². The summed E-state index contributed by atoms with van der Waals surface area (Å²) in [6.07, 6.45) is 2.22. The number of nitrogens with one attached hydrogen (secondary N) is 1. The van der Waals surface area contributed by atoms with Gasteiger partial charge in [-0.2, -0.15) is 0 Å². The van der Waals surface area contributed by atoms with Crippen molar-refractivity contribution < 1.29 is 9.47 Å². The average molecular weight is 330 g/mol. The maximum absolute atomic E-state index is 5.26. The highest BCUT2D eigenvalue weighted by Gasteiger charge is 2.06. The Hall–Kier alpha value is -0.580. The van der Waals surface area contributed by atoms with Gasteiger partial charge in [-0.3, -0.25) is 0 Å². The Morgan fingerprint density at radius 1 is 1.32 bits per heavy atom. The lowest BCUT2D eigenvalue weighted by Crippen LogP contribution is -2.25.